The van der Waals surface area contributed by atoms with Crippen molar-refractivity contribution in [2.75, 3.05) is 25.5 Å². The number of anilines is 1. The zero-order valence-electron chi connectivity index (χ0n) is 11.5. The Morgan fingerprint density at radius 1 is 1.16 bits per heavy atom. The van der Waals surface area contributed by atoms with Gasteiger partial charge in [0.15, 0.2) is 0 Å². The fourth-order valence-corrected chi connectivity index (χ4v) is 1.90. The lowest BCUT2D eigenvalue weighted by molar-refractivity contribution is 0.750. The summed E-state index contributed by atoms with van der Waals surface area (Å²) >= 11 is 0. The van der Waals surface area contributed by atoms with Crippen molar-refractivity contribution < 1.29 is 0 Å². The standard InChI is InChI=1S/C15H20N4/c1-16-10-8-14-17-11-9-15(18-14)19(2)12-13-6-4-3-5-7-13/h3-7,9,11,16H,8,10,12H2,1-2H3. The average molecular weight is 256 g/mol. The van der Waals surface area contributed by atoms with Gasteiger partial charge in [0.1, 0.15) is 11.6 Å². The minimum Gasteiger partial charge on any atom is -0.355 e. The molecule has 0 saturated heterocycles. The van der Waals surface area contributed by atoms with Crippen LogP contribution in [0.4, 0.5) is 5.82 Å². The van der Waals surface area contributed by atoms with E-state index in [9.17, 15) is 0 Å². The molecule has 0 radical (unpaired) electrons. The maximum absolute atomic E-state index is 4.58. The second-order valence-corrected chi connectivity index (χ2v) is 4.53. The van der Waals surface area contributed by atoms with Crippen molar-refractivity contribution in [1.29, 1.82) is 0 Å². The quantitative estimate of drug-likeness (QED) is 0.856. The van der Waals surface area contributed by atoms with Crippen LogP contribution in [0.1, 0.15) is 11.4 Å². The lowest BCUT2D eigenvalue weighted by Crippen LogP contribution is -2.19. The van der Waals surface area contributed by atoms with Gasteiger partial charge in [-0.15, -0.1) is 0 Å². The molecule has 1 aromatic heterocycles. The lowest BCUT2D eigenvalue weighted by atomic mass is 10.2. The molecule has 0 aliphatic rings. The second-order valence-electron chi connectivity index (χ2n) is 4.53. The first-order valence-electron chi connectivity index (χ1n) is 6.51. The van der Waals surface area contributed by atoms with Gasteiger partial charge in [-0.25, -0.2) is 9.97 Å². The van der Waals surface area contributed by atoms with Crippen LogP contribution in [0.2, 0.25) is 0 Å². The highest BCUT2D eigenvalue weighted by Crippen LogP contribution is 2.12. The van der Waals surface area contributed by atoms with Crippen molar-refractivity contribution in [2.45, 2.75) is 13.0 Å². The van der Waals surface area contributed by atoms with E-state index in [-0.39, 0.29) is 0 Å². The van der Waals surface area contributed by atoms with Gasteiger partial charge in [-0.2, -0.15) is 0 Å². The molecule has 100 valence electrons. The first-order valence-corrected chi connectivity index (χ1v) is 6.51. The Bertz CT molecular complexity index is 499. The van der Waals surface area contributed by atoms with Crippen LogP contribution in [0.25, 0.3) is 0 Å². The Morgan fingerprint density at radius 2 is 1.95 bits per heavy atom. The van der Waals surface area contributed by atoms with Gasteiger partial charge in [0.2, 0.25) is 0 Å². The summed E-state index contributed by atoms with van der Waals surface area (Å²) in [5.41, 5.74) is 1.28. The Morgan fingerprint density at radius 3 is 2.68 bits per heavy atom. The van der Waals surface area contributed by atoms with E-state index in [0.717, 1.165) is 31.2 Å². The zero-order valence-corrected chi connectivity index (χ0v) is 11.5. The predicted octanol–water partition coefficient (Wildman–Crippen LogP) is 1.87. The Hall–Kier alpha value is -1.94. The van der Waals surface area contributed by atoms with Crippen molar-refractivity contribution in [3.8, 4) is 0 Å². The van der Waals surface area contributed by atoms with Crippen LogP contribution in [-0.2, 0) is 13.0 Å². The molecule has 2 rings (SSSR count). The Balaban J connectivity index is 2.04. The topological polar surface area (TPSA) is 41.1 Å². The molecular formula is C15H20N4. The van der Waals surface area contributed by atoms with Gasteiger partial charge in [0.25, 0.3) is 0 Å². The normalized spacial score (nSPS) is 10.4. The molecule has 0 aliphatic carbocycles. The number of nitrogens with zero attached hydrogens (tertiary/aromatic N) is 3. The molecule has 0 spiro atoms. The molecule has 1 aromatic carbocycles. The van der Waals surface area contributed by atoms with Crippen LogP contribution in [-0.4, -0.2) is 30.6 Å². The summed E-state index contributed by atoms with van der Waals surface area (Å²) in [5, 5.41) is 3.11. The van der Waals surface area contributed by atoms with Crippen LogP contribution in [0, 0.1) is 0 Å². The molecule has 4 heteroatoms. The largest absolute Gasteiger partial charge is 0.355 e. The molecule has 0 fully saturated rings. The molecule has 0 bridgehead atoms. The molecule has 0 atom stereocenters. The van der Waals surface area contributed by atoms with E-state index in [1.165, 1.54) is 5.56 Å². The number of hydrogen-bond acceptors (Lipinski definition) is 4. The third-order valence-corrected chi connectivity index (χ3v) is 2.94. The molecule has 1 N–H and O–H groups in total. The molecule has 0 aliphatic heterocycles. The van der Waals surface area contributed by atoms with Crippen LogP contribution >= 0.6 is 0 Å². The number of hydrogen-bond donors (Lipinski definition) is 1. The molecule has 0 amide bonds. The monoisotopic (exact) mass is 256 g/mol. The Kier molecular flexibility index (Phi) is 4.86. The molecular weight excluding hydrogens is 236 g/mol. The first-order chi connectivity index (χ1) is 9.29. The molecule has 0 saturated carbocycles. The number of rotatable bonds is 6. The molecule has 2 aromatic rings. The maximum Gasteiger partial charge on any atom is 0.132 e. The van der Waals surface area contributed by atoms with Crippen molar-refractivity contribution in [3.63, 3.8) is 0 Å². The van der Waals surface area contributed by atoms with E-state index in [1.807, 2.05) is 25.4 Å². The van der Waals surface area contributed by atoms with Crippen LogP contribution in [0.5, 0.6) is 0 Å². The van der Waals surface area contributed by atoms with E-state index >= 15 is 0 Å². The smallest absolute Gasteiger partial charge is 0.132 e. The fraction of sp³-hybridized carbons (Fsp3) is 0.333. The van der Waals surface area contributed by atoms with Gasteiger partial charge in [0, 0.05) is 32.8 Å². The summed E-state index contributed by atoms with van der Waals surface area (Å²) in [6.45, 7) is 1.75. The van der Waals surface area contributed by atoms with Crippen molar-refractivity contribution >= 4 is 5.82 Å². The number of benzene rings is 1. The summed E-state index contributed by atoms with van der Waals surface area (Å²) in [7, 11) is 3.99. The summed E-state index contributed by atoms with van der Waals surface area (Å²) in [6.07, 6.45) is 2.68. The van der Waals surface area contributed by atoms with Crippen LogP contribution in [0.15, 0.2) is 42.6 Å². The minimum absolute atomic E-state index is 0.851. The van der Waals surface area contributed by atoms with Crippen LogP contribution < -0.4 is 10.2 Å². The zero-order chi connectivity index (χ0) is 13.5. The molecule has 0 unspecified atom stereocenters. The van der Waals surface area contributed by atoms with Crippen molar-refractivity contribution in [1.82, 2.24) is 15.3 Å². The van der Waals surface area contributed by atoms with Crippen molar-refractivity contribution in [2.24, 2.45) is 0 Å². The van der Waals surface area contributed by atoms with E-state index in [0.29, 0.717) is 0 Å². The molecule has 4 nitrogen and oxygen atoms in total. The van der Waals surface area contributed by atoms with Gasteiger partial charge in [-0.05, 0) is 18.7 Å². The number of aromatic nitrogens is 2. The van der Waals surface area contributed by atoms with E-state index in [1.54, 1.807) is 0 Å². The van der Waals surface area contributed by atoms with Gasteiger partial charge in [-0.3, -0.25) is 0 Å². The first kappa shape index (κ1) is 13.5. The van der Waals surface area contributed by atoms with Gasteiger partial charge in [0.05, 0.1) is 0 Å². The highest BCUT2D eigenvalue weighted by molar-refractivity contribution is 5.37. The fourth-order valence-electron chi connectivity index (χ4n) is 1.90. The lowest BCUT2D eigenvalue weighted by Gasteiger charge is -2.18. The molecule has 1 heterocycles. The summed E-state index contributed by atoms with van der Waals surface area (Å²) < 4.78 is 0. The third-order valence-electron chi connectivity index (χ3n) is 2.94. The number of nitrogens with one attached hydrogen (secondary N) is 1. The number of likely N-dealkylation sites (N-methyl/N-ethyl adjacent to an activating group) is 1. The van der Waals surface area contributed by atoms with E-state index in [4.69, 9.17) is 0 Å². The van der Waals surface area contributed by atoms with Crippen molar-refractivity contribution in [3.05, 3.63) is 54.0 Å². The Labute approximate surface area is 114 Å². The van der Waals surface area contributed by atoms with Gasteiger partial charge >= 0.3 is 0 Å². The summed E-state index contributed by atoms with van der Waals surface area (Å²) in [4.78, 5) is 11.0. The molecule has 19 heavy (non-hydrogen) atoms. The van der Waals surface area contributed by atoms with E-state index in [2.05, 4.69) is 51.5 Å². The third kappa shape index (κ3) is 4.03. The predicted molar refractivity (Wildman–Crippen MR) is 78.2 cm³/mol. The highest BCUT2D eigenvalue weighted by Gasteiger charge is 2.05. The average Bonchev–Trinajstić information content (AvgIpc) is 2.46. The van der Waals surface area contributed by atoms with Crippen LogP contribution in [0.3, 0.4) is 0 Å². The second kappa shape index (κ2) is 6.85. The summed E-state index contributed by atoms with van der Waals surface area (Å²) in [5.74, 6) is 1.84. The van der Waals surface area contributed by atoms with Gasteiger partial charge < -0.3 is 10.2 Å². The van der Waals surface area contributed by atoms with Gasteiger partial charge in [-0.1, -0.05) is 30.3 Å². The SMILES string of the molecule is CNCCc1nccc(N(C)Cc2ccccc2)n1. The minimum atomic E-state index is 0.851. The summed E-state index contributed by atoms with van der Waals surface area (Å²) in [6, 6.07) is 12.3. The highest BCUT2D eigenvalue weighted by atomic mass is 15.2. The maximum atomic E-state index is 4.58. The van der Waals surface area contributed by atoms with E-state index < -0.39 is 0 Å².